The van der Waals surface area contributed by atoms with E-state index in [-0.39, 0.29) is 6.29 Å². The number of hydrogen-bond donors (Lipinski definition) is 3. The van der Waals surface area contributed by atoms with Gasteiger partial charge in [0.2, 0.25) is 6.29 Å². The fourth-order valence-corrected chi connectivity index (χ4v) is 0.714. The van der Waals surface area contributed by atoms with Gasteiger partial charge < -0.3 is 10.2 Å². The van der Waals surface area contributed by atoms with Crippen LogP contribution in [0.3, 0.4) is 0 Å². The molecule has 0 radical (unpaired) electrons. The maximum Gasteiger partial charge on any atom is 0.285 e. The van der Waals surface area contributed by atoms with Crippen LogP contribution in [0.5, 0.6) is 0 Å². The molecule has 0 atom stereocenters. The number of quaternary nitrogens is 1. The summed E-state index contributed by atoms with van der Waals surface area (Å²) in [6, 6.07) is 0. The summed E-state index contributed by atoms with van der Waals surface area (Å²) in [5, 5.41) is 1.45. The van der Waals surface area contributed by atoms with Crippen LogP contribution in [-0.2, 0) is 0 Å². The highest BCUT2D eigenvalue weighted by molar-refractivity contribution is 7.56. The van der Waals surface area contributed by atoms with E-state index in [0.717, 1.165) is 0 Å². The highest BCUT2D eigenvalue weighted by atomic mass is 31.2. The first-order valence-electron chi connectivity index (χ1n) is 1.88. The minimum Gasteiger partial charge on any atom is -0.627 e. The largest absolute Gasteiger partial charge is 0.627 e. The fraction of sp³-hybridized carbons (Fsp3) is 1.00. The van der Waals surface area contributed by atoms with E-state index in [1.54, 1.807) is 7.05 Å². The van der Waals surface area contributed by atoms with Crippen LogP contribution in [0.1, 0.15) is 0 Å². The van der Waals surface area contributed by atoms with Crippen LogP contribution in [0.25, 0.3) is 0 Å². The van der Waals surface area contributed by atoms with Gasteiger partial charge in [0.05, 0.1) is 7.05 Å². The molecule has 0 heterocycles. The number of nitrogens with two attached hydrogens (primary N) is 1. The molecule has 44 valence electrons. The summed E-state index contributed by atoms with van der Waals surface area (Å²) < 4.78 is 0. The maximum absolute atomic E-state index is 9.89. The second-order valence-electron chi connectivity index (χ2n) is 1.26. The van der Waals surface area contributed by atoms with Crippen LogP contribution in [0, 0.1) is 0 Å². The molecule has 0 amide bonds. The quantitative estimate of drug-likeness (QED) is 0.351. The fourth-order valence-electron chi connectivity index (χ4n) is 0.238. The predicted molar refractivity (Wildman–Crippen MR) is 24.1 cm³/mol. The molecule has 0 saturated heterocycles. The molecule has 0 saturated carbocycles. The van der Waals surface area contributed by atoms with Gasteiger partial charge in [0.25, 0.3) is 7.94 Å². The van der Waals surface area contributed by atoms with Gasteiger partial charge in [-0.05, 0) is 0 Å². The monoisotopic (exact) mass is 126 g/mol. The summed E-state index contributed by atoms with van der Waals surface area (Å²) in [5.41, 5.74) is 0. The van der Waals surface area contributed by atoms with E-state index >= 15 is 0 Å². The summed E-state index contributed by atoms with van der Waals surface area (Å²) in [5.74, 6) is 0. The zero-order valence-corrected chi connectivity index (χ0v) is 4.93. The molecule has 0 spiro atoms. The molecule has 7 heavy (non-hydrogen) atoms. The van der Waals surface area contributed by atoms with Gasteiger partial charge in [-0.1, -0.05) is 0 Å². The van der Waals surface area contributed by atoms with E-state index in [1.165, 1.54) is 5.32 Å². The lowest BCUT2D eigenvalue weighted by Gasteiger charge is -2.10. The Morgan fingerprint density at radius 3 is 2.14 bits per heavy atom. The van der Waals surface area contributed by atoms with Crippen LogP contribution in [-0.4, -0.2) is 23.1 Å². The summed E-state index contributed by atoms with van der Waals surface area (Å²) in [7, 11) is -2.11. The van der Waals surface area contributed by atoms with Crippen molar-refractivity contribution in [1.29, 1.82) is 0 Å². The Labute approximate surface area is 42.4 Å². The molecular formula is C2H9NO3P+. The van der Waals surface area contributed by atoms with Crippen molar-refractivity contribution in [2.75, 3.05) is 13.3 Å². The Morgan fingerprint density at radius 1 is 1.71 bits per heavy atom. The van der Waals surface area contributed by atoms with Crippen molar-refractivity contribution in [1.82, 2.24) is 0 Å². The molecule has 0 aliphatic heterocycles. The Balaban J connectivity index is 3.15. The van der Waals surface area contributed by atoms with E-state index in [1.807, 2.05) is 0 Å². The standard InChI is InChI=1S/C2H8NO3P/c1-3-2-7(4,5)6/h3H,2H2,1H3,(H2,4,5,6)/p+1. The Kier molecular flexibility index (Phi) is 2.64. The minimum absolute atomic E-state index is 0.118. The van der Waals surface area contributed by atoms with E-state index in [9.17, 15) is 4.89 Å². The topological polar surface area (TPSA) is 80.1 Å². The van der Waals surface area contributed by atoms with Crippen molar-refractivity contribution in [3.05, 3.63) is 0 Å². The normalized spacial score (nSPS) is 12.0. The minimum atomic E-state index is -3.72. The average molecular weight is 126 g/mol. The lowest BCUT2D eigenvalue weighted by Crippen LogP contribution is -2.80. The van der Waals surface area contributed by atoms with Gasteiger partial charge >= 0.3 is 0 Å². The molecule has 0 aliphatic rings. The summed E-state index contributed by atoms with van der Waals surface area (Å²) >= 11 is 0. The number of hydrogen-bond acceptors (Lipinski definition) is 3. The van der Waals surface area contributed by atoms with Crippen LogP contribution in [0.4, 0.5) is 0 Å². The Bertz CT molecular complexity index is 51.4. The molecule has 0 unspecified atom stereocenters. The lowest BCUT2D eigenvalue weighted by molar-refractivity contribution is -0.615. The van der Waals surface area contributed by atoms with Crippen molar-refractivity contribution in [3.63, 3.8) is 0 Å². The van der Waals surface area contributed by atoms with Gasteiger partial charge in [-0.2, -0.15) is 0 Å². The van der Waals surface area contributed by atoms with Crippen molar-refractivity contribution in [2.24, 2.45) is 0 Å². The van der Waals surface area contributed by atoms with Gasteiger partial charge in [-0.25, -0.2) is 9.79 Å². The highest BCUT2D eigenvalue weighted by Gasteiger charge is 2.17. The third-order valence-corrected chi connectivity index (χ3v) is 1.26. The predicted octanol–water partition coefficient (Wildman–Crippen LogP) is -2.76. The zero-order chi connectivity index (χ0) is 5.91. The Hall–Kier alpha value is 0.270. The molecule has 0 fully saturated rings. The first-order chi connectivity index (χ1) is 3.06. The van der Waals surface area contributed by atoms with Gasteiger partial charge in [0.1, 0.15) is 0 Å². The second-order valence-corrected chi connectivity index (χ2v) is 2.95. The summed E-state index contributed by atoms with van der Waals surface area (Å²) in [4.78, 5) is 26.1. The molecule has 4 nitrogen and oxygen atoms in total. The molecular weight excluding hydrogens is 117 g/mol. The van der Waals surface area contributed by atoms with Gasteiger partial charge in [-0.15, -0.1) is 0 Å². The molecule has 0 aromatic carbocycles. The van der Waals surface area contributed by atoms with E-state index in [4.69, 9.17) is 9.79 Å². The highest BCUT2D eigenvalue weighted by Crippen LogP contribution is 2.34. The SMILES string of the molecule is C[NH2+]C[P+]([O-])(O)O. The third-order valence-electron chi connectivity index (χ3n) is 0.420. The average Bonchev–Trinajstić information content (AvgIpc) is 1.30. The Morgan fingerprint density at radius 2 is 2.14 bits per heavy atom. The lowest BCUT2D eigenvalue weighted by atomic mass is 11.3. The number of rotatable bonds is 2. The molecule has 0 rings (SSSR count). The second kappa shape index (κ2) is 2.55. The van der Waals surface area contributed by atoms with E-state index in [0.29, 0.717) is 0 Å². The van der Waals surface area contributed by atoms with Crippen molar-refractivity contribution in [2.45, 2.75) is 0 Å². The zero-order valence-electron chi connectivity index (χ0n) is 4.03. The van der Waals surface area contributed by atoms with Crippen LogP contribution < -0.4 is 10.2 Å². The maximum atomic E-state index is 9.89. The smallest absolute Gasteiger partial charge is 0.285 e. The summed E-state index contributed by atoms with van der Waals surface area (Å²) in [6.07, 6.45) is -0.118. The third kappa shape index (κ3) is 6.27. The van der Waals surface area contributed by atoms with Crippen LogP contribution in [0.15, 0.2) is 0 Å². The molecule has 0 aromatic heterocycles. The summed E-state index contributed by atoms with van der Waals surface area (Å²) in [6.45, 7) is 0. The van der Waals surface area contributed by atoms with Gasteiger partial charge in [-0.3, -0.25) is 0 Å². The van der Waals surface area contributed by atoms with Crippen molar-refractivity contribution >= 4 is 7.94 Å². The first kappa shape index (κ1) is 7.27. The molecule has 0 aromatic rings. The first-order valence-corrected chi connectivity index (χ1v) is 3.68. The van der Waals surface area contributed by atoms with Gasteiger partial charge in [0.15, 0.2) is 0 Å². The molecule has 5 heteroatoms. The van der Waals surface area contributed by atoms with Crippen LogP contribution in [0.2, 0.25) is 0 Å². The van der Waals surface area contributed by atoms with E-state index in [2.05, 4.69) is 0 Å². The molecule has 0 aliphatic carbocycles. The van der Waals surface area contributed by atoms with Crippen molar-refractivity contribution < 1.29 is 20.0 Å². The van der Waals surface area contributed by atoms with Crippen molar-refractivity contribution in [3.8, 4) is 0 Å². The van der Waals surface area contributed by atoms with Gasteiger partial charge in [0, 0.05) is 0 Å². The van der Waals surface area contributed by atoms with E-state index < -0.39 is 7.94 Å². The molecule has 0 bridgehead atoms. The van der Waals surface area contributed by atoms with Crippen LogP contribution >= 0.6 is 7.94 Å². The molecule has 4 N–H and O–H groups in total.